The van der Waals surface area contributed by atoms with Gasteiger partial charge in [0.05, 0.1) is 7.11 Å². The van der Waals surface area contributed by atoms with Gasteiger partial charge in [-0.2, -0.15) is 0 Å². The molecule has 4 aliphatic carbocycles. The van der Waals surface area contributed by atoms with Crippen LogP contribution >= 0.6 is 22.7 Å². The van der Waals surface area contributed by atoms with E-state index >= 15 is 0 Å². The highest BCUT2D eigenvalue weighted by atomic mass is 32.1. The monoisotopic (exact) mass is 848 g/mol. The van der Waals surface area contributed by atoms with Gasteiger partial charge in [0.2, 0.25) is 10.3 Å². The van der Waals surface area contributed by atoms with Gasteiger partial charge in [0.15, 0.2) is 0 Å². The van der Waals surface area contributed by atoms with Crippen LogP contribution in [-0.4, -0.2) is 57.9 Å². The minimum absolute atomic E-state index is 0.0418. The van der Waals surface area contributed by atoms with Crippen LogP contribution in [0, 0.1) is 58.0 Å². The second-order valence-electron chi connectivity index (χ2n) is 17.3. The van der Waals surface area contributed by atoms with Crippen molar-refractivity contribution in [2.24, 2.45) is 46.3 Å². The van der Waals surface area contributed by atoms with Gasteiger partial charge in [-0.15, -0.1) is 20.4 Å². The average molecular weight is 849 g/mol. The van der Waals surface area contributed by atoms with Crippen LogP contribution in [0.5, 0.6) is 0 Å². The fraction of sp³-hybridized carbons (Fsp3) is 0.558. The quantitative estimate of drug-likeness (QED) is 0.116. The van der Waals surface area contributed by atoms with Gasteiger partial charge in [-0.3, -0.25) is 15.4 Å². The molecule has 4 aromatic rings. The highest BCUT2D eigenvalue weighted by Crippen LogP contribution is 2.69. The maximum Gasteiger partial charge on any atom is 0.413 e. The Labute approximate surface area is 350 Å². The number of nitrogens with one attached hydrogen (secondary N) is 2. The average Bonchev–Trinajstić information content (AvgIpc) is 3.97. The van der Waals surface area contributed by atoms with Gasteiger partial charge in [-0.1, -0.05) is 43.4 Å². The number of carbonyl (C=O) groups is 3. The first-order valence-electron chi connectivity index (χ1n) is 20.5. The van der Waals surface area contributed by atoms with Crippen LogP contribution in [0.4, 0.5) is 28.6 Å². The van der Waals surface area contributed by atoms with Crippen molar-refractivity contribution in [1.82, 2.24) is 20.4 Å². The summed E-state index contributed by atoms with van der Waals surface area (Å²) < 4.78 is 44.5. The number of halogens is 2. The molecule has 16 heteroatoms. The number of hydrogen-bond donors (Lipinski definition) is 2. The molecule has 2 amide bonds. The fourth-order valence-electron chi connectivity index (χ4n) is 11.5. The molecule has 0 bridgehead atoms. The number of nitrogens with zero attached hydrogens (tertiary/aromatic N) is 4. The lowest BCUT2D eigenvalue weighted by Crippen LogP contribution is -2.60. The second-order valence-corrected chi connectivity index (χ2v) is 19.3. The molecule has 2 heterocycles. The van der Waals surface area contributed by atoms with Crippen LogP contribution in [0.3, 0.4) is 0 Å². The summed E-state index contributed by atoms with van der Waals surface area (Å²) in [5.74, 6) is 0.968. The molecule has 2 aromatic carbocycles. The standard InChI is InChI=1S/C43H50F2N6O6S2/c1-23(5-18-35(52)55-4)31-16-17-32-30-15-10-26-21-29(56-40(53)46-38-50-48-36(58-38)24-6-11-27(44)12-7-24)19-20-42(26,2)33(30)22-34(43(31,32)3)57-41(54)47-39-51-49-37(59-39)25-8-13-28(45)14-9-25/h6-9,11-14,23,26,29-34H,5,10,15-22H2,1-4H3,(H,46,50,53)(H,47,51,54)/t23-,26-,29-,30+,31-,32+,33+,34+,42+,43-/m1/s1. The second kappa shape index (κ2) is 16.8. The molecule has 2 N–H and O–H groups in total. The van der Waals surface area contributed by atoms with E-state index < -0.39 is 12.2 Å². The van der Waals surface area contributed by atoms with Crippen LogP contribution in [0.25, 0.3) is 21.1 Å². The zero-order chi connectivity index (χ0) is 41.5. The molecule has 0 saturated heterocycles. The summed E-state index contributed by atoms with van der Waals surface area (Å²) in [6.07, 6.45) is 6.45. The number of benzene rings is 2. The van der Waals surface area contributed by atoms with Crippen LogP contribution in [-0.2, 0) is 19.0 Å². The third-order valence-corrected chi connectivity index (χ3v) is 16.2. The van der Waals surface area contributed by atoms with E-state index in [4.69, 9.17) is 14.2 Å². The molecule has 2 aromatic heterocycles. The Morgan fingerprint density at radius 2 is 1.37 bits per heavy atom. The first-order valence-corrected chi connectivity index (χ1v) is 22.2. The first kappa shape index (κ1) is 41.2. The van der Waals surface area contributed by atoms with Crippen molar-refractivity contribution in [3.05, 3.63) is 60.2 Å². The number of rotatable bonds is 10. The van der Waals surface area contributed by atoms with Crippen molar-refractivity contribution >= 4 is 51.1 Å². The van der Waals surface area contributed by atoms with Crippen LogP contribution in [0.2, 0.25) is 0 Å². The lowest BCUT2D eigenvalue weighted by atomic mass is 9.43. The number of ether oxygens (including phenoxy) is 3. The van der Waals surface area contributed by atoms with E-state index in [0.717, 1.165) is 44.9 Å². The van der Waals surface area contributed by atoms with Crippen molar-refractivity contribution < 1.29 is 37.4 Å². The molecule has 0 aliphatic heterocycles. The minimum atomic E-state index is -0.580. The topological polar surface area (TPSA) is 155 Å². The molecule has 10 atom stereocenters. The highest BCUT2D eigenvalue weighted by Gasteiger charge is 2.65. The van der Waals surface area contributed by atoms with E-state index in [0.29, 0.717) is 74.3 Å². The van der Waals surface area contributed by atoms with Crippen molar-refractivity contribution in [2.75, 3.05) is 17.7 Å². The number of hydrogen-bond acceptors (Lipinski definition) is 12. The van der Waals surface area contributed by atoms with Crippen molar-refractivity contribution in [1.29, 1.82) is 0 Å². The van der Waals surface area contributed by atoms with Crippen LogP contribution < -0.4 is 10.6 Å². The fourth-order valence-corrected chi connectivity index (χ4v) is 13.0. The molecule has 12 nitrogen and oxygen atoms in total. The van der Waals surface area contributed by atoms with Crippen LogP contribution in [0.1, 0.15) is 85.0 Å². The van der Waals surface area contributed by atoms with Crippen molar-refractivity contribution in [3.63, 3.8) is 0 Å². The third kappa shape index (κ3) is 8.31. The molecule has 0 unspecified atom stereocenters. The van der Waals surface area contributed by atoms with Gasteiger partial charge >= 0.3 is 18.2 Å². The van der Waals surface area contributed by atoms with E-state index in [9.17, 15) is 23.2 Å². The number of aromatic nitrogens is 4. The zero-order valence-corrected chi connectivity index (χ0v) is 35.3. The van der Waals surface area contributed by atoms with E-state index in [2.05, 4.69) is 51.8 Å². The predicted octanol–water partition coefficient (Wildman–Crippen LogP) is 10.4. The normalized spacial score (nSPS) is 30.2. The van der Waals surface area contributed by atoms with Crippen molar-refractivity contribution in [2.45, 2.75) is 97.2 Å². The van der Waals surface area contributed by atoms with E-state index in [1.807, 2.05) is 0 Å². The zero-order valence-electron chi connectivity index (χ0n) is 33.6. The Bertz CT molecular complexity index is 2150. The molecule has 0 spiro atoms. The first-order chi connectivity index (χ1) is 28.3. The Morgan fingerprint density at radius 3 is 1.97 bits per heavy atom. The number of esters is 1. The summed E-state index contributed by atoms with van der Waals surface area (Å²) in [5, 5.41) is 23.9. The minimum Gasteiger partial charge on any atom is -0.469 e. The van der Waals surface area contributed by atoms with Crippen LogP contribution in [0.15, 0.2) is 48.5 Å². The van der Waals surface area contributed by atoms with E-state index in [-0.39, 0.29) is 52.5 Å². The largest absolute Gasteiger partial charge is 0.469 e. The Morgan fingerprint density at radius 1 is 0.780 bits per heavy atom. The van der Waals surface area contributed by atoms with E-state index in [1.165, 1.54) is 54.0 Å². The Balaban J connectivity index is 0.964. The molecule has 4 aliphatic rings. The van der Waals surface area contributed by atoms with Gasteiger partial charge in [0.1, 0.15) is 33.9 Å². The summed E-state index contributed by atoms with van der Waals surface area (Å²) in [7, 11) is 1.42. The van der Waals surface area contributed by atoms with Gasteiger partial charge in [0, 0.05) is 23.0 Å². The maximum atomic E-state index is 13.8. The predicted molar refractivity (Wildman–Crippen MR) is 219 cm³/mol. The van der Waals surface area contributed by atoms with Gasteiger partial charge < -0.3 is 14.2 Å². The summed E-state index contributed by atoms with van der Waals surface area (Å²) in [6, 6.07) is 11.9. The van der Waals surface area contributed by atoms with Gasteiger partial charge in [-0.25, -0.2) is 18.4 Å². The molecular weight excluding hydrogens is 799 g/mol. The molecule has 314 valence electrons. The van der Waals surface area contributed by atoms with Crippen molar-refractivity contribution in [3.8, 4) is 21.1 Å². The van der Waals surface area contributed by atoms with Gasteiger partial charge in [-0.05, 0) is 147 Å². The summed E-state index contributed by atoms with van der Waals surface area (Å²) in [5.41, 5.74) is 1.05. The number of amides is 2. The highest BCUT2D eigenvalue weighted by molar-refractivity contribution is 7.18. The molecule has 59 heavy (non-hydrogen) atoms. The lowest BCUT2D eigenvalue weighted by molar-refractivity contribution is -0.174. The molecule has 4 saturated carbocycles. The molecular formula is C43H50F2N6O6S2. The van der Waals surface area contributed by atoms with E-state index in [1.54, 1.807) is 24.3 Å². The third-order valence-electron chi connectivity index (χ3n) is 14.5. The lowest BCUT2D eigenvalue weighted by Gasteiger charge is -2.62. The smallest absolute Gasteiger partial charge is 0.413 e. The number of anilines is 2. The number of fused-ring (bicyclic) bond motifs is 5. The Hall–Kier alpha value is -4.57. The Kier molecular flexibility index (Phi) is 11.7. The summed E-state index contributed by atoms with van der Waals surface area (Å²) >= 11 is 2.39. The summed E-state index contributed by atoms with van der Waals surface area (Å²) in [4.78, 5) is 39.1. The summed E-state index contributed by atoms with van der Waals surface area (Å²) in [6.45, 7) is 6.92. The molecule has 4 fully saturated rings. The molecule has 0 radical (unpaired) electrons. The van der Waals surface area contributed by atoms with Gasteiger partial charge in [0.25, 0.3) is 0 Å². The number of methoxy groups -OCH3 is 1. The number of carbonyl (C=O) groups excluding carboxylic acids is 3. The SMILES string of the molecule is COC(=O)CC[C@@H](C)[C@H]1CC[C@H]2[C@@H]3CC[C@@H]4C[C@H](OC(=O)Nc5nnc(-c6ccc(F)cc6)s5)CC[C@]4(C)[C@H]3C[C@H](OC(=O)Nc3nnc(-c4ccc(F)cc4)s3)[C@]12C. The molecule has 8 rings (SSSR count). The maximum absolute atomic E-state index is 13.8.